The highest BCUT2D eigenvalue weighted by atomic mass is 14.8. The minimum absolute atomic E-state index is 0.526. The second-order valence-electron chi connectivity index (χ2n) is 2.60. The van der Waals surface area contributed by atoms with Crippen molar-refractivity contribution in [3.63, 3.8) is 0 Å². The number of pyridine rings is 2. The zero-order valence-electron chi connectivity index (χ0n) is 6.57. The van der Waals surface area contributed by atoms with Gasteiger partial charge in [-0.25, -0.2) is 9.97 Å². The van der Waals surface area contributed by atoms with Crippen molar-refractivity contribution >= 4 is 11.0 Å². The average Bonchev–Trinajstić information content (AvgIpc) is 2.17. The van der Waals surface area contributed by atoms with Crippen LogP contribution in [0.1, 0.15) is 5.56 Å². The predicted octanol–water partition coefficient (Wildman–Crippen LogP) is 1.09. The number of rotatable bonds is 1. The lowest BCUT2D eigenvalue weighted by Crippen LogP contribution is -1.97. The Morgan fingerprint density at radius 2 is 2.25 bits per heavy atom. The highest BCUT2D eigenvalue weighted by Gasteiger charge is 1.95. The van der Waals surface area contributed by atoms with E-state index in [1.807, 2.05) is 18.2 Å². The van der Waals surface area contributed by atoms with Crippen LogP contribution in [-0.4, -0.2) is 9.97 Å². The van der Waals surface area contributed by atoms with E-state index in [2.05, 4.69) is 9.97 Å². The molecule has 0 aliphatic heterocycles. The summed E-state index contributed by atoms with van der Waals surface area (Å²) in [7, 11) is 0. The van der Waals surface area contributed by atoms with Crippen molar-refractivity contribution in [3.8, 4) is 0 Å². The number of hydrogen-bond acceptors (Lipinski definition) is 3. The van der Waals surface area contributed by atoms with E-state index in [9.17, 15) is 0 Å². The molecule has 60 valence electrons. The van der Waals surface area contributed by atoms with E-state index in [0.29, 0.717) is 6.54 Å². The fourth-order valence-electron chi connectivity index (χ4n) is 1.12. The van der Waals surface area contributed by atoms with Gasteiger partial charge >= 0.3 is 0 Å². The van der Waals surface area contributed by atoms with Gasteiger partial charge in [0.25, 0.3) is 0 Å². The van der Waals surface area contributed by atoms with Gasteiger partial charge in [0.2, 0.25) is 0 Å². The van der Waals surface area contributed by atoms with Crippen LogP contribution >= 0.6 is 0 Å². The van der Waals surface area contributed by atoms with Crippen molar-refractivity contribution in [2.24, 2.45) is 5.73 Å². The molecule has 0 radical (unpaired) electrons. The van der Waals surface area contributed by atoms with Crippen LogP contribution in [0.5, 0.6) is 0 Å². The summed E-state index contributed by atoms with van der Waals surface area (Å²) in [5.74, 6) is 0. The first-order valence-corrected chi connectivity index (χ1v) is 3.80. The Balaban J connectivity index is 2.67. The molecule has 3 nitrogen and oxygen atoms in total. The van der Waals surface area contributed by atoms with Gasteiger partial charge in [-0.2, -0.15) is 0 Å². The normalized spacial score (nSPS) is 10.4. The van der Waals surface area contributed by atoms with E-state index in [-0.39, 0.29) is 0 Å². The highest BCUT2D eigenvalue weighted by Crippen LogP contribution is 2.09. The minimum Gasteiger partial charge on any atom is -0.326 e. The molecule has 0 amide bonds. The lowest BCUT2D eigenvalue weighted by atomic mass is 10.2. The number of nitrogens with zero attached hydrogens (tertiary/aromatic N) is 2. The van der Waals surface area contributed by atoms with Crippen LogP contribution in [-0.2, 0) is 6.54 Å². The molecule has 12 heavy (non-hydrogen) atoms. The maximum atomic E-state index is 5.48. The molecule has 3 heteroatoms. The van der Waals surface area contributed by atoms with E-state index < -0.39 is 0 Å². The van der Waals surface area contributed by atoms with Gasteiger partial charge in [0.15, 0.2) is 5.65 Å². The second kappa shape index (κ2) is 2.87. The third-order valence-corrected chi connectivity index (χ3v) is 1.75. The summed E-state index contributed by atoms with van der Waals surface area (Å²) >= 11 is 0. The zero-order valence-corrected chi connectivity index (χ0v) is 6.57. The fourth-order valence-corrected chi connectivity index (χ4v) is 1.12. The number of hydrogen-bond donors (Lipinski definition) is 1. The lowest BCUT2D eigenvalue weighted by Gasteiger charge is -1.97. The fraction of sp³-hybridized carbons (Fsp3) is 0.111. The molecule has 0 aliphatic carbocycles. The van der Waals surface area contributed by atoms with Crippen molar-refractivity contribution in [1.29, 1.82) is 0 Å². The summed E-state index contributed by atoms with van der Waals surface area (Å²) in [6, 6.07) is 5.88. The highest BCUT2D eigenvalue weighted by molar-refractivity contribution is 5.74. The third-order valence-electron chi connectivity index (χ3n) is 1.75. The minimum atomic E-state index is 0.526. The van der Waals surface area contributed by atoms with Crippen LogP contribution in [0, 0.1) is 0 Å². The Bertz CT molecular complexity index is 398. The lowest BCUT2D eigenvalue weighted by molar-refractivity contribution is 1.05. The summed E-state index contributed by atoms with van der Waals surface area (Å²) in [5, 5.41) is 1.04. The maximum absolute atomic E-state index is 5.48. The molecule has 0 aliphatic rings. The van der Waals surface area contributed by atoms with Gasteiger partial charge in [-0.15, -0.1) is 0 Å². The number of fused-ring (bicyclic) bond motifs is 1. The molecule has 0 saturated heterocycles. The van der Waals surface area contributed by atoms with E-state index in [4.69, 9.17) is 5.73 Å². The van der Waals surface area contributed by atoms with E-state index in [1.54, 1.807) is 12.4 Å². The first-order valence-electron chi connectivity index (χ1n) is 3.80. The van der Waals surface area contributed by atoms with Gasteiger partial charge in [0.1, 0.15) is 0 Å². The smallest absolute Gasteiger partial charge is 0.159 e. The molecule has 0 atom stereocenters. The molecule has 2 heterocycles. The summed E-state index contributed by atoms with van der Waals surface area (Å²) < 4.78 is 0. The number of aromatic nitrogens is 2. The topological polar surface area (TPSA) is 51.8 Å². The Morgan fingerprint density at radius 3 is 3.08 bits per heavy atom. The monoisotopic (exact) mass is 159 g/mol. The quantitative estimate of drug-likeness (QED) is 0.677. The molecule has 0 spiro atoms. The Labute approximate surface area is 70.3 Å². The molecule has 2 rings (SSSR count). The van der Waals surface area contributed by atoms with Crippen molar-refractivity contribution < 1.29 is 0 Å². The first kappa shape index (κ1) is 7.18. The van der Waals surface area contributed by atoms with Gasteiger partial charge in [0.05, 0.1) is 0 Å². The van der Waals surface area contributed by atoms with E-state index in [1.165, 1.54) is 0 Å². The van der Waals surface area contributed by atoms with Gasteiger partial charge in [-0.3, -0.25) is 0 Å². The van der Waals surface area contributed by atoms with E-state index in [0.717, 1.165) is 16.6 Å². The molecule has 2 N–H and O–H groups in total. The molecule has 0 bridgehead atoms. The molecule has 2 aromatic heterocycles. The molecular weight excluding hydrogens is 150 g/mol. The van der Waals surface area contributed by atoms with Gasteiger partial charge in [-0.1, -0.05) is 0 Å². The molecular formula is C9H9N3. The third kappa shape index (κ3) is 1.14. The van der Waals surface area contributed by atoms with Gasteiger partial charge in [-0.05, 0) is 23.8 Å². The predicted molar refractivity (Wildman–Crippen MR) is 47.4 cm³/mol. The van der Waals surface area contributed by atoms with Crippen molar-refractivity contribution in [3.05, 3.63) is 36.2 Å². The van der Waals surface area contributed by atoms with Crippen LogP contribution in [0.3, 0.4) is 0 Å². The summed E-state index contributed by atoms with van der Waals surface area (Å²) in [6.45, 7) is 0.526. The first-order chi connectivity index (χ1) is 5.90. The molecule has 2 aromatic rings. The Kier molecular flexibility index (Phi) is 1.72. The molecule has 0 fully saturated rings. The molecule has 0 unspecified atom stereocenters. The van der Waals surface area contributed by atoms with Gasteiger partial charge in [0, 0.05) is 24.3 Å². The zero-order chi connectivity index (χ0) is 8.39. The maximum Gasteiger partial charge on any atom is 0.159 e. The summed E-state index contributed by atoms with van der Waals surface area (Å²) in [5.41, 5.74) is 7.29. The van der Waals surface area contributed by atoms with Crippen LogP contribution in [0.4, 0.5) is 0 Å². The van der Waals surface area contributed by atoms with Crippen molar-refractivity contribution in [1.82, 2.24) is 9.97 Å². The standard InChI is InChI=1S/C9H9N3/c10-5-7-4-8-2-1-3-11-9(8)12-6-7/h1-4,6H,5,10H2. The summed E-state index contributed by atoms with van der Waals surface area (Å²) in [4.78, 5) is 8.27. The largest absolute Gasteiger partial charge is 0.326 e. The second-order valence-corrected chi connectivity index (χ2v) is 2.60. The average molecular weight is 159 g/mol. The van der Waals surface area contributed by atoms with E-state index >= 15 is 0 Å². The van der Waals surface area contributed by atoms with Crippen LogP contribution in [0.25, 0.3) is 11.0 Å². The molecule has 0 aromatic carbocycles. The Morgan fingerprint density at radius 1 is 1.33 bits per heavy atom. The van der Waals surface area contributed by atoms with Gasteiger partial charge < -0.3 is 5.73 Å². The molecule has 0 saturated carbocycles. The Hall–Kier alpha value is -1.48. The van der Waals surface area contributed by atoms with Crippen LogP contribution in [0.2, 0.25) is 0 Å². The summed E-state index contributed by atoms with van der Waals surface area (Å²) in [6.07, 6.45) is 3.49. The SMILES string of the molecule is NCc1cnc2ncccc2c1. The van der Waals surface area contributed by atoms with Crippen molar-refractivity contribution in [2.75, 3.05) is 0 Å². The van der Waals surface area contributed by atoms with Crippen LogP contribution < -0.4 is 5.73 Å². The number of nitrogens with two attached hydrogens (primary N) is 1. The van der Waals surface area contributed by atoms with Crippen LogP contribution in [0.15, 0.2) is 30.6 Å². The van der Waals surface area contributed by atoms with Crippen molar-refractivity contribution in [2.45, 2.75) is 6.54 Å².